The molecule has 0 saturated heterocycles. The average Bonchev–Trinajstić information content (AvgIpc) is 2.42. The van der Waals surface area contributed by atoms with E-state index in [1.165, 1.54) is 37.7 Å². The van der Waals surface area contributed by atoms with Gasteiger partial charge in [-0.15, -0.1) is 0 Å². The van der Waals surface area contributed by atoms with Gasteiger partial charge < -0.3 is 0 Å². The Morgan fingerprint density at radius 3 is 2.89 bits per heavy atom. The Balaban J connectivity index is 2.24. The van der Waals surface area contributed by atoms with Crippen LogP contribution in [0.25, 0.3) is 0 Å². The van der Waals surface area contributed by atoms with Crippen molar-refractivity contribution in [1.29, 1.82) is 0 Å². The van der Waals surface area contributed by atoms with E-state index in [0.717, 1.165) is 11.6 Å². The molecule has 100 valence electrons. The quantitative estimate of drug-likeness (QED) is 0.635. The Morgan fingerprint density at radius 2 is 2.22 bits per heavy atom. The lowest BCUT2D eigenvalue weighted by molar-refractivity contribution is 0.175. The summed E-state index contributed by atoms with van der Waals surface area (Å²) in [5, 5.41) is 0. The number of hydrazine groups is 1. The third-order valence-corrected chi connectivity index (χ3v) is 4.48. The third kappa shape index (κ3) is 2.73. The van der Waals surface area contributed by atoms with Crippen molar-refractivity contribution < 1.29 is 0 Å². The molecule has 3 atom stereocenters. The molecule has 3 unspecified atom stereocenters. The van der Waals surface area contributed by atoms with Gasteiger partial charge in [0.05, 0.1) is 6.04 Å². The van der Waals surface area contributed by atoms with Crippen LogP contribution in [-0.4, -0.2) is 4.98 Å². The van der Waals surface area contributed by atoms with Crippen LogP contribution in [0.5, 0.6) is 0 Å². The molecule has 2 rings (SSSR count). The summed E-state index contributed by atoms with van der Waals surface area (Å²) < 4.78 is 0. The normalized spacial score (nSPS) is 25.9. The molecule has 18 heavy (non-hydrogen) atoms. The molecular formula is C15H25N3. The first kappa shape index (κ1) is 13.5. The van der Waals surface area contributed by atoms with Crippen LogP contribution >= 0.6 is 0 Å². The molecule has 1 aromatic heterocycles. The Labute approximate surface area is 110 Å². The number of nitrogens with zero attached hydrogens (tertiary/aromatic N) is 1. The summed E-state index contributed by atoms with van der Waals surface area (Å²) in [7, 11) is 0. The zero-order valence-electron chi connectivity index (χ0n) is 11.5. The van der Waals surface area contributed by atoms with E-state index in [2.05, 4.69) is 30.3 Å². The number of pyridine rings is 1. The Kier molecular flexibility index (Phi) is 4.72. The van der Waals surface area contributed by atoms with E-state index in [1.54, 1.807) is 0 Å². The van der Waals surface area contributed by atoms with Crippen molar-refractivity contribution in [2.45, 2.75) is 52.0 Å². The van der Waals surface area contributed by atoms with Crippen LogP contribution in [0.15, 0.2) is 18.3 Å². The van der Waals surface area contributed by atoms with Crippen molar-refractivity contribution in [2.24, 2.45) is 17.7 Å². The van der Waals surface area contributed by atoms with Crippen LogP contribution in [0.2, 0.25) is 0 Å². The van der Waals surface area contributed by atoms with E-state index in [4.69, 9.17) is 5.84 Å². The lowest BCUT2D eigenvalue weighted by Gasteiger charge is -2.37. The maximum absolute atomic E-state index is 5.84. The molecule has 3 nitrogen and oxygen atoms in total. The Morgan fingerprint density at radius 1 is 1.44 bits per heavy atom. The molecule has 1 fully saturated rings. The average molecular weight is 247 g/mol. The minimum Gasteiger partial charge on any atom is -0.271 e. The Bertz CT molecular complexity index is 378. The molecule has 1 heterocycles. The SMILES string of the molecule is CCC1CCCCC1C(NN)c1cccnc1C. The highest BCUT2D eigenvalue weighted by Crippen LogP contribution is 2.40. The molecule has 1 saturated carbocycles. The predicted octanol–water partition coefficient (Wildman–Crippen LogP) is 3.11. The zero-order valence-corrected chi connectivity index (χ0v) is 11.5. The van der Waals surface area contributed by atoms with Crippen LogP contribution in [0.3, 0.4) is 0 Å². The first-order valence-electron chi connectivity index (χ1n) is 7.15. The number of hydrogen-bond acceptors (Lipinski definition) is 3. The topological polar surface area (TPSA) is 50.9 Å². The van der Waals surface area contributed by atoms with Crippen molar-refractivity contribution in [1.82, 2.24) is 10.4 Å². The van der Waals surface area contributed by atoms with Gasteiger partial charge in [-0.05, 0) is 36.8 Å². The summed E-state index contributed by atoms with van der Waals surface area (Å²) in [6, 6.07) is 4.42. The molecule has 1 aliphatic rings. The predicted molar refractivity (Wildman–Crippen MR) is 74.8 cm³/mol. The molecule has 3 heteroatoms. The second-order valence-electron chi connectivity index (χ2n) is 5.44. The van der Waals surface area contributed by atoms with Gasteiger partial charge in [0.25, 0.3) is 0 Å². The molecule has 0 amide bonds. The van der Waals surface area contributed by atoms with Crippen molar-refractivity contribution in [3.05, 3.63) is 29.6 Å². The van der Waals surface area contributed by atoms with E-state index in [9.17, 15) is 0 Å². The van der Waals surface area contributed by atoms with Crippen LogP contribution < -0.4 is 11.3 Å². The fraction of sp³-hybridized carbons (Fsp3) is 0.667. The molecular weight excluding hydrogens is 222 g/mol. The van der Waals surface area contributed by atoms with Crippen LogP contribution in [0, 0.1) is 18.8 Å². The van der Waals surface area contributed by atoms with Crippen LogP contribution in [0.1, 0.15) is 56.3 Å². The molecule has 0 spiro atoms. The Hall–Kier alpha value is -0.930. The zero-order chi connectivity index (χ0) is 13.0. The fourth-order valence-corrected chi connectivity index (χ4v) is 3.45. The monoisotopic (exact) mass is 247 g/mol. The van der Waals surface area contributed by atoms with Crippen molar-refractivity contribution >= 4 is 0 Å². The number of nitrogens with one attached hydrogen (secondary N) is 1. The first-order chi connectivity index (χ1) is 8.77. The number of hydrogen-bond donors (Lipinski definition) is 2. The molecule has 1 aliphatic carbocycles. The number of rotatable bonds is 4. The van der Waals surface area contributed by atoms with Gasteiger partial charge >= 0.3 is 0 Å². The summed E-state index contributed by atoms with van der Waals surface area (Å²) in [4.78, 5) is 4.40. The lowest BCUT2D eigenvalue weighted by atomic mass is 9.72. The highest BCUT2D eigenvalue weighted by Gasteiger charge is 2.31. The van der Waals surface area contributed by atoms with Crippen molar-refractivity contribution in [3.8, 4) is 0 Å². The van der Waals surface area contributed by atoms with Gasteiger partial charge in [-0.2, -0.15) is 0 Å². The minimum atomic E-state index is 0.254. The van der Waals surface area contributed by atoms with Gasteiger partial charge in [0.2, 0.25) is 0 Å². The third-order valence-electron chi connectivity index (χ3n) is 4.48. The summed E-state index contributed by atoms with van der Waals surface area (Å²) in [6.07, 6.45) is 8.43. The van der Waals surface area contributed by atoms with Crippen LogP contribution in [0.4, 0.5) is 0 Å². The largest absolute Gasteiger partial charge is 0.271 e. The maximum atomic E-state index is 5.84. The van der Waals surface area contributed by atoms with Gasteiger partial charge in [0.15, 0.2) is 0 Å². The molecule has 0 radical (unpaired) electrons. The van der Waals surface area contributed by atoms with Gasteiger partial charge in [0, 0.05) is 11.9 Å². The molecule has 1 aromatic rings. The highest BCUT2D eigenvalue weighted by molar-refractivity contribution is 5.23. The second kappa shape index (κ2) is 6.30. The van der Waals surface area contributed by atoms with E-state index in [-0.39, 0.29) is 6.04 Å². The summed E-state index contributed by atoms with van der Waals surface area (Å²) in [5.74, 6) is 7.28. The fourth-order valence-electron chi connectivity index (χ4n) is 3.45. The van der Waals surface area contributed by atoms with E-state index >= 15 is 0 Å². The van der Waals surface area contributed by atoms with Crippen molar-refractivity contribution in [3.63, 3.8) is 0 Å². The lowest BCUT2D eigenvalue weighted by Crippen LogP contribution is -2.38. The number of aromatic nitrogens is 1. The van der Waals surface area contributed by atoms with Crippen LogP contribution in [-0.2, 0) is 0 Å². The van der Waals surface area contributed by atoms with Gasteiger partial charge in [-0.25, -0.2) is 0 Å². The summed E-state index contributed by atoms with van der Waals surface area (Å²) in [6.45, 7) is 4.37. The van der Waals surface area contributed by atoms with Gasteiger partial charge in [0.1, 0.15) is 0 Å². The minimum absolute atomic E-state index is 0.254. The summed E-state index contributed by atoms with van der Waals surface area (Å²) in [5.41, 5.74) is 5.42. The number of aryl methyl sites for hydroxylation is 1. The highest BCUT2D eigenvalue weighted by atomic mass is 15.2. The summed E-state index contributed by atoms with van der Waals surface area (Å²) >= 11 is 0. The second-order valence-corrected chi connectivity index (χ2v) is 5.44. The smallest absolute Gasteiger partial charge is 0.0508 e. The molecule has 0 bridgehead atoms. The molecule has 0 aromatic carbocycles. The number of nitrogens with two attached hydrogens (primary N) is 1. The van der Waals surface area contributed by atoms with E-state index < -0.39 is 0 Å². The van der Waals surface area contributed by atoms with Crippen molar-refractivity contribution in [2.75, 3.05) is 0 Å². The van der Waals surface area contributed by atoms with Gasteiger partial charge in [-0.3, -0.25) is 16.3 Å². The maximum Gasteiger partial charge on any atom is 0.0508 e. The standard InChI is InChI=1S/C15H25N3/c1-3-12-7-4-5-8-14(12)15(18-16)13-9-6-10-17-11(13)2/h6,9-10,12,14-15,18H,3-5,7-8,16H2,1-2H3. The first-order valence-corrected chi connectivity index (χ1v) is 7.15. The molecule has 0 aliphatic heterocycles. The van der Waals surface area contributed by atoms with E-state index in [0.29, 0.717) is 5.92 Å². The van der Waals surface area contributed by atoms with E-state index in [1.807, 2.05) is 12.3 Å². The van der Waals surface area contributed by atoms with Gasteiger partial charge in [-0.1, -0.05) is 38.7 Å². The molecule has 3 N–H and O–H groups in total.